The second kappa shape index (κ2) is 8.63. The molecule has 1 rings (SSSR count). The maximum Gasteiger partial charge on any atom is 0.309 e. The van der Waals surface area contributed by atoms with Crippen molar-refractivity contribution in [2.24, 2.45) is 0 Å². The van der Waals surface area contributed by atoms with Crippen LogP contribution in [-0.4, -0.2) is 31.3 Å². The van der Waals surface area contributed by atoms with Crippen LogP contribution in [0.3, 0.4) is 0 Å². The van der Waals surface area contributed by atoms with Gasteiger partial charge in [0, 0.05) is 25.2 Å². The molecule has 0 bridgehead atoms. The molecular formula is C13H16FN3O3. The van der Waals surface area contributed by atoms with E-state index in [9.17, 15) is 18.8 Å². The van der Waals surface area contributed by atoms with Gasteiger partial charge in [0.1, 0.15) is 5.82 Å². The summed E-state index contributed by atoms with van der Waals surface area (Å²) in [6.45, 7) is 0.638. The van der Waals surface area contributed by atoms with E-state index < -0.39 is 17.6 Å². The van der Waals surface area contributed by atoms with E-state index in [4.69, 9.17) is 0 Å². The number of benzene rings is 1. The van der Waals surface area contributed by atoms with Gasteiger partial charge in [-0.15, -0.1) is 0 Å². The second-order valence-electron chi connectivity index (χ2n) is 3.96. The summed E-state index contributed by atoms with van der Waals surface area (Å²) in [6.07, 6.45) is 1.08. The van der Waals surface area contributed by atoms with E-state index in [1.54, 1.807) is 12.1 Å². The van der Waals surface area contributed by atoms with E-state index >= 15 is 0 Å². The van der Waals surface area contributed by atoms with Crippen molar-refractivity contribution in [2.45, 2.75) is 13.0 Å². The van der Waals surface area contributed by atoms with Gasteiger partial charge in [0.15, 0.2) is 0 Å². The standard InChI is InChI=1S/C13H16FN3O3/c14-11-5-2-1-4-10(11)8-17-13(20)12(19)16-7-3-6-15-9-18/h1-2,4-5,9H,3,6-8H2,(H,15,18)(H,16,19)(H,17,20). The van der Waals surface area contributed by atoms with Gasteiger partial charge in [-0.3, -0.25) is 14.4 Å². The van der Waals surface area contributed by atoms with Crippen LogP contribution < -0.4 is 16.0 Å². The molecule has 0 atom stereocenters. The zero-order chi connectivity index (χ0) is 14.8. The van der Waals surface area contributed by atoms with Crippen LogP contribution in [0.4, 0.5) is 4.39 Å². The highest BCUT2D eigenvalue weighted by Gasteiger charge is 2.12. The van der Waals surface area contributed by atoms with Gasteiger partial charge in [0.2, 0.25) is 6.41 Å². The van der Waals surface area contributed by atoms with Crippen molar-refractivity contribution in [2.75, 3.05) is 13.1 Å². The van der Waals surface area contributed by atoms with Gasteiger partial charge in [-0.25, -0.2) is 4.39 Å². The Labute approximate surface area is 115 Å². The fourth-order valence-corrected chi connectivity index (χ4v) is 1.43. The summed E-state index contributed by atoms with van der Waals surface area (Å²) in [4.78, 5) is 32.8. The Morgan fingerprint density at radius 2 is 1.80 bits per heavy atom. The van der Waals surface area contributed by atoms with Gasteiger partial charge in [-0.2, -0.15) is 0 Å². The molecule has 1 aromatic carbocycles. The second-order valence-corrected chi connectivity index (χ2v) is 3.96. The molecule has 3 amide bonds. The van der Waals surface area contributed by atoms with Crippen LogP contribution in [0.15, 0.2) is 24.3 Å². The average molecular weight is 281 g/mol. The summed E-state index contributed by atoms with van der Waals surface area (Å²) < 4.78 is 13.3. The van der Waals surface area contributed by atoms with E-state index in [0.717, 1.165) is 0 Å². The Hall–Kier alpha value is -2.44. The molecule has 0 aliphatic heterocycles. The number of carbonyl (C=O) groups excluding carboxylic acids is 3. The smallest absolute Gasteiger partial charge is 0.309 e. The number of hydrogen-bond acceptors (Lipinski definition) is 3. The minimum Gasteiger partial charge on any atom is -0.359 e. The van der Waals surface area contributed by atoms with E-state index in [1.165, 1.54) is 12.1 Å². The summed E-state index contributed by atoms with van der Waals surface area (Å²) in [5, 5.41) is 7.15. The van der Waals surface area contributed by atoms with Crippen molar-refractivity contribution in [3.05, 3.63) is 35.6 Å². The number of rotatable bonds is 7. The van der Waals surface area contributed by atoms with Gasteiger partial charge < -0.3 is 16.0 Å². The molecular weight excluding hydrogens is 265 g/mol. The van der Waals surface area contributed by atoms with E-state index in [-0.39, 0.29) is 13.1 Å². The quantitative estimate of drug-likeness (QED) is 0.364. The Balaban J connectivity index is 2.26. The number of halogens is 1. The van der Waals surface area contributed by atoms with Crippen molar-refractivity contribution in [1.29, 1.82) is 0 Å². The molecule has 108 valence electrons. The van der Waals surface area contributed by atoms with Crippen LogP contribution in [-0.2, 0) is 20.9 Å². The summed E-state index contributed by atoms with van der Waals surface area (Å²) in [5.41, 5.74) is 0.309. The molecule has 0 aliphatic rings. The maximum absolute atomic E-state index is 13.3. The minimum absolute atomic E-state index is 0.0500. The largest absolute Gasteiger partial charge is 0.359 e. The average Bonchev–Trinajstić information content (AvgIpc) is 2.45. The summed E-state index contributed by atoms with van der Waals surface area (Å²) in [6, 6.07) is 5.99. The number of amides is 3. The summed E-state index contributed by atoms with van der Waals surface area (Å²) in [7, 11) is 0. The SMILES string of the molecule is O=CNCCCNC(=O)C(=O)NCc1ccccc1F. The molecule has 6 nitrogen and oxygen atoms in total. The molecule has 0 aliphatic carbocycles. The Kier molecular flexibility index (Phi) is 6.74. The lowest BCUT2D eigenvalue weighted by Gasteiger charge is -2.07. The van der Waals surface area contributed by atoms with Crippen LogP contribution in [0.2, 0.25) is 0 Å². The number of carbonyl (C=O) groups is 3. The highest BCUT2D eigenvalue weighted by Crippen LogP contribution is 2.05. The molecule has 7 heteroatoms. The number of hydrogen-bond donors (Lipinski definition) is 3. The van der Waals surface area contributed by atoms with Gasteiger partial charge in [0.05, 0.1) is 0 Å². The van der Waals surface area contributed by atoms with Gasteiger partial charge in [-0.05, 0) is 12.5 Å². The van der Waals surface area contributed by atoms with Crippen LogP contribution in [0.5, 0.6) is 0 Å². The molecule has 20 heavy (non-hydrogen) atoms. The van der Waals surface area contributed by atoms with Crippen molar-refractivity contribution >= 4 is 18.2 Å². The van der Waals surface area contributed by atoms with Gasteiger partial charge in [0.25, 0.3) is 0 Å². The summed E-state index contributed by atoms with van der Waals surface area (Å²) >= 11 is 0. The highest BCUT2D eigenvalue weighted by atomic mass is 19.1. The summed E-state index contributed by atoms with van der Waals surface area (Å²) in [5.74, 6) is -2.04. The molecule has 3 N–H and O–H groups in total. The van der Waals surface area contributed by atoms with Gasteiger partial charge in [-0.1, -0.05) is 18.2 Å². The zero-order valence-electron chi connectivity index (χ0n) is 10.8. The van der Waals surface area contributed by atoms with Crippen LogP contribution in [0.1, 0.15) is 12.0 Å². The lowest BCUT2D eigenvalue weighted by molar-refractivity contribution is -0.139. The third-order valence-corrected chi connectivity index (χ3v) is 2.47. The Morgan fingerprint density at radius 1 is 1.10 bits per heavy atom. The first-order chi connectivity index (χ1) is 9.65. The first-order valence-electron chi connectivity index (χ1n) is 6.11. The van der Waals surface area contributed by atoms with E-state index in [2.05, 4.69) is 16.0 Å². The topological polar surface area (TPSA) is 87.3 Å². The monoisotopic (exact) mass is 281 g/mol. The van der Waals surface area contributed by atoms with Crippen LogP contribution in [0.25, 0.3) is 0 Å². The molecule has 1 aromatic rings. The Morgan fingerprint density at radius 3 is 2.50 bits per heavy atom. The Bertz CT molecular complexity index is 480. The van der Waals surface area contributed by atoms with Gasteiger partial charge >= 0.3 is 11.8 Å². The van der Waals surface area contributed by atoms with Crippen molar-refractivity contribution < 1.29 is 18.8 Å². The third-order valence-electron chi connectivity index (χ3n) is 2.47. The molecule has 0 saturated heterocycles. The maximum atomic E-state index is 13.3. The fourth-order valence-electron chi connectivity index (χ4n) is 1.43. The van der Waals surface area contributed by atoms with Crippen molar-refractivity contribution in [3.8, 4) is 0 Å². The van der Waals surface area contributed by atoms with Crippen molar-refractivity contribution in [1.82, 2.24) is 16.0 Å². The van der Waals surface area contributed by atoms with Crippen LogP contribution in [0, 0.1) is 5.82 Å². The van der Waals surface area contributed by atoms with E-state index in [1.807, 2.05) is 0 Å². The highest BCUT2D eigenvalue weighted by molar-refractivity contribution is 6.35. The predicted molar refractivity (Wildman–Crippen MR) is 69.9 cm³/mol. The van der Waals surface area contributed by atoms with Crippen LogP contribution >= 0.6 is 0 Å². The molecule has 0 saturated carbocycles. The number of nitrogens with one attached hydrogen (secondary N) is 3. The molecule has 0 heterocycles. The minimum atomic E-state index is -0.823. The van der Waals surface area contributed by atoms with Crippen molar-refractivity contribution in [3.63, 3.8) is 0 Å². The lowest BCUT2D eigenvalue weighted by atomic mass is 10.2. The first kappa shape index (κ1) is 15.6. The fraction of sp³-hybridized carbons (Fsp3) is 0.308. The third kappa shape index (κ3) is 5.47. The van der Waals surface area contributed by atoms with E-state index in [0.29, 0.717) is 24.9 Å². The molecule has 0 spiro atoms. The zero-order valence-corrected chi connectivity index (χ0v) is 10.8. The molecule has 0 fully saturated rings. The lowest BCUT2D eigenvalue weighted by Crippen LogP contribution is -2.40. The normalized spacial score (nSPS) is 9.65. The molecule has 0 unspecified atom stereocenters. The molecule has 0 aromatic heterocycles. The first-order valence-corrected chi connectivity index (χ1v) is 6.11. The molecule has 0 radical (unpaired) electrons. The predicted octanol–water partition coefficient (Wildman–Crippen LogP) is -0.306.